The molecule has 0 unspecified atom stereocenters. The molecular weight excluding hydrogens is 797 g/mol. The van der Waals surface area contributed by atoms with Crippen LogP contribution in [0.25, 0.3) is 0 Å². The van der Waals surface area contributed by atoms with Crippen LogP contribution in [-0.4, -0.2) is 47.2 Å². The summed E-state index contributed by atoms with van der Waals surface area (Å²) in [6.07, 6.45) is 7.81. The molecule has 7 heteroatoms. The Labute approximate surface area is 374 Å². The number of esters is 1. The van der Waals surface area contributed by atoms with Crippen molar-refractivity contribution in [3.05, 3.63) is 169 Å². The van der Waals surface area contributed by atoms with Gasteiger partial charge in [-0.2, -0.15) is 0 Å². The number of carbonyl (C=O) groups is 2. The van der Waals surface area contributed by atoms with Crippen LogP contribution < -0.4 is 20.7 Å². The molecule has 6 rings (SSSR count). The van der Waals surface area contributed by atoms with E-state index in [-0.39, 0.29) is 33.5 Å². The molecule has 5 aromatic carbocycles. The lowest BCUT2D eigenvalue weighted by molar-refractivity contribution is -0.149. The van der Waals surface area contributed by atoms with Crippen molar-refractivity contribution in [2.45, 2.75) is 128 Å². The minimum atomic E-state index is -3.09. The Morgan fingerprint density at radius 2 is 0.935 bits per heavy atom. The number of ether oxygens (including phenoxy) is 1. The van der Waals surface area contributed by atoms with Gasteiger partial charge in [0.1, 0.15) is 18.5 Å². The van der Waals surface area contributed by atoms with Gasteiger partial charge < -0.3 is 18.4 Å². The van der Waals surface area contributed by atoms with Crippen molar-refractivity contribution in [3.63, 3.8) is 0 Å². The first-order valence-electron chi connectivity index (χ1n) is 22.6. The molecule has 4 atom stereocenters. The highest BCUT2D eigenvalue weighted by molar-refractivity contribution is 7.00. The minimum absolute atomic E-state index is 0.166. The maximum Gasteiger partial charge on any atom is 0.330 e. The van der Waals surface area contributed by atoms with Crippen molar-refractivity contribution in [2.75, 3.05) is 0 Å². The summed E-state index contributed by atoms with van der Waals surface area (Å²) in [5.74, 6) is -0.176. The van der Waals surface area contributed by atoms with E-state index >= 15 is 0 Å². The highest BCUT2D eigenvalue weighted by Crippen LogP contribution is 2.43. The molecule has 0 aromatic heterocycles. The van der Waals surface area contributed by atoms with Crippen molar-refractivity contribution in [3.8, 4) is 0 Å². The van der Waals surface area contributed by atoms with E-state index in [1.54, 1.807) is 6.08 Å². The summed E-state index contributed by atoms with van der Waals surface area (Å²) in [4.78, 5) is 27.5. The first-order chi connectivity index (χ1) is 29.6. The predicted octanol–water partition coefficient (Wildman–Crippen LogP) is 10.5. The molecule has 0 amide bonds. The number of benzene rings is 5. The molecule has 0 heterocycles. The molecular formula is C55H68O5Si2. The van der Waals surface area contributed by atoms with Crippen LogP contribution in [0.15, 0.2) is 164 Å². The second kappa shape index (κ2) is 20.2. The lowest BCUT2D eigenvalue weighted by Gasteiger charge is -2.45. The quantitative estimate of drug-likeness (QED) is 0.0403. The fraction of sp³-hybridized carbons (Fsp3) is 0.382. The fourth-order valence-electron chi connectivity index (χ4n) is 10.0. The molecule has 1 aliphatic rings. The molecule has 0 aliphatic heterocycles. The summed E-state index contributed by atoms with van der Waals surface area (Å²) in [6, 6.07) is 52.6. The maximum absolute atomic E-state index is 14.1. The highest BCUT2D eigenvalue weighted by atomic mass is 28.4. The molecule has 5 nitrogen and oxygen atoms in total. The lowest BCUT2D eigenvalue weighted by atomic mass is 9.66. The van der Waals surface area contributed by atoms with Crippen LogP contribution in [0, 0.1) is 5.92 Å². The van der Waals surface area contributed by atoms with Gasteiger partial charge in [0, 0.05) is 12.0 Å². The lowest BCUT2D eigenvalue weighted by Crippen LogP contribution is -2.68. The van der Waals surface area contributed by atoms with Crippen LogP contribution >= 0.6 is 0 Å². The molecule has 0 spiro atoms. The molecule has 0 bridgehead atoms. The van der Waals surface area contributed by atoms with Gasteiger partial charge in [-0.3, -0.25) is 0 Å². The Hall–Kier alpha value is -4.67. The van der Waals surface area contributed by atoms with Gasteiger partial charge in [-0.1, -0.05) is 213 Å². The SMILES string of the molecule is CC(C)(c1ccccc1)[C@H]1CCCC[C@@H]1OC(=O)/C=C\[C@@H](CC[C@@H](C=O)O[Si](c1ccccc1)(c1ccccc1)C(C)(C)C)O[Si](c1ccccc1)(c1ccccc1)C(C)(C)C. The van der Waals surface area contributed by atoms with Crippen LogP contribution in [0.5, 0.6) is 0 Å². The molecule has 0 saturated heterocycles. The van der Waals surface area contributed by atoms with E-state index in [0.717, 1.165) is 52.7 Å². The van der Waals surface area contributed by atoms with Gasteiger partial charge in [0.2, 0.25) is 0 Å². The van der Waals surface area contributed by atoms with E-state index in [1.807, 2.05) is 36.4 Å². The topological polar surface area (TPSA) is 61.8 Å². The molecule has 326 valence electrons. The number of carbonyl (C=O) groups excluding carboxylic acids is 2. The monoisotopic (exact) mass is 864 g/mol. The first-order valence-corrected chi connectivity index (χ1v) is 26.4. The normalized spacial score (nSPS) is 17.6. The molecule has 62 heavy (non-hydrogen) atoms. The van der Waals surface area contributed by atoms with Crippen molar-refractivity contribution in [1.82, 2.24) is 0 Å². The van der Waals surface area contributed by atoms with Crippen molar-refractivity contribution >= 4 is 49.6 Å². The molecule has 0 N–H and O–H groups in total. The maximum atomic E-state index is 14.1. The molecule has 5 aromatic rings. The Bertz CT molecular complexity index is 2100. The third-order valence-electron chi connectivity index (χ3n) is 13.2. The van der Waals surface area contributed by atoms with Gasteiger partial charge in [-0.25, -0.2) is 4.79 Å². The fourth-order valence-corrected chi connectivity index (χ4v) is 19.3. The molecule has 1 fully saturated rings. The van der Waals surface area contributed by atoms with Gasteiger partial charge in [-0.15, -0.1) is 0 Å². The van der Waals surface area contributed by atoms with E-state index in [1.165, 1.54) is 5.56 Å². The number of aldehydes is 1. The molecule has 0 radical (unpaired) electrons. The number of hydrogen-bond acceptors (Lipinski definition) is 5. The van der Waals surface area contributed by atoms with Crippen LogP contribution in [0.4, 0.5) is 0 Å². The van der Waals surface area contributed by atoms with Gasteiger partial charge in [-0.05, 0) is 80.0 Å². The largest absolute Gasteiger partial charge is 0.459 e. The minimum Gasteiger partial charge on any atom is -0.459 e. The first kappa shape index (κ1) is 46.8. The third-order valence-corrected chi connectivity index (χ3v) is 23.4. The average molecular weight is 865 g/mol. The van der Waals surface area contributed by atoms with E-state index < -0.39 is 28.8 Å². The van der Waals surface area contributed by atoms with E-state index in [0.29, 0.717) is 12.8 Å². The zero-order valence-corrected chi connectivity index (χ0v) is 40.3. The Kier molecular flexibility index (Phi) is 15.3. The van der Waals surface area contributed by atoms with Gasteiger partial charge in [0.15, 0.2) is 0 Å². The van der Waals surface area contributed by atoms with Crippen LogP contribution in [-0.2, 0) is 28.6 Å². The standard InChI is InChI=1S/C55H68O5Si2/c1-53(2,3)61(46-28-16-10-17-29-46,47-30-18-11-19-31-47)59-44(40-41-52(57)58-51-37-25-24-36-50(51)55(7,8)43-26-14-9-15-27-43)38-39-45(42-56)60-62(54(4,5)6,48-32-20-12-21-33-48)49-34-22-13-23-35-49/h9-23,26-35,40-42,44-45,50-51H,24-25,36-39H2,1-8H3/b41-40-/t44-,45+,50+,51+/m1/s1. The van der Waals surface area contributed by atoms with Gasteiger partial charge in [0.25, 0.3) is 16.6 Å². The van der Waals surface area contributed by atoms with Crippen LogP contribution in [0.1, 0.15) is 99.5 Å². The second-order valence-electron chi connectivity index (χ2n) is 19.7. The summed E-state index contributed by atoms with van der Waals surface area (Å²) in [6.45, 7) is 18.0. The van der Waals surface area contributed by atoms with Gasteiger partial charge >= 0.3 is 5.97 Å². The second-order valence-corrected chi connectivity index (χ2v) is 28.2. The zero-order valence-electron chi connectivity index (χ0n) is 38.3. The smallest absolute Gasteiger partial charge is 0.330 e. The van der Waals surface area contributed by atoms with Crippen LogP contribution in [0.2, 0.25) is 10.1 Å². The zero-order chi connectivity index (χ0) is 44.4. The number of rotatable bonds is 17. The molecule has 1 aliphatic carbocycles. The van der Waals surface area contributed by atoms with Crippen molar-refractivity contribution in [1.29, 1.82) is 0 Å². The summed E-state index contributed by atoms with van der Waals surface area (Å²) in [5.41, 5.74) is 1.09. The summed E-state index contributed by atoms with van der Waals surface area (Å²) < 4.78 is 21.5. The van der Waals surface area contributed by atoms with Crippen molar-refractivity contribution < 1.29 is 23.2 Å². The Morgan fingerprint density at radius 1 is 0.565 bits per heavy atom. The highest BCUT2D eigenvalue weighted by Gasteiger charge is 2.53. The Balaban J connectivity index is 1.37. The summed E-state index contributed by atoms with van der Waals surface area (Å²) in [7, 11) is -6.14. The third kappa shape index (κ3) is 10.2. The van der Waals surface area contributed by atoms with E-state index in [2.05, 4.69) is 177 Å². The van der Waals surface area contributed by atoms with Crippen LogP contribution in [0.3, 0.4) is 0 Å². The van der Waals surface area contributed by atoms with Gasteiger partial charge in [0.05, 0.1) is 6.10 Å². The average Bonchev–Trinajstić information content (AvgIpc) is 3.28. The number of hydrogen-bond donors (Lipinski definition) is 0. The van der Waals surface area contributed by atoms with E-state index in [4.69, 9.17) is 13.6 Å². The summed E-state index contributed by atoms with van der Waals surface area (Å²) >= 11 is 0. The molecule has 1 saturated carbocycles. The van der Waals surface area contributed by atoms with Crippen molar-refractivity contribution in [2.24, 2.45) is 5.92 Å². The predicted molar refractivity (Wildman–Crippen MR) is 261 cm³/mol. The van der Waals surface area contributed by atoms with E-state index in [9.17, 15) is 9.59 Å². The Morgan fingerprint density at radius 3 is 1.34 bits per heavy atom. The summed E-state index contributed by atoms with van der Waals surface area (Å²) in [5, 5.41) is 3.90.